The molecule has 0 atom stereocenters. The zero-order valence-corrected chi connectivity index (χ0v) is 15.8. The average Bonchev–Trinajstić information content (AvgIpc) is 2.61. The van der Waals surface area contributed by atoms with E-state index in [1.165, 1.54) is 89.9 Å². The fourth-order valence-corrected chi connectivity index (χ4v) is 5.23. The molecule has 0 aromatic carbocycles. The van der Waals surface area contributed by atoms with Gasteiger partial charge in [-0.05, 0) is 62.7 Å². The molecule has 2 rings (SSSR count). The van der Waals surface area contributed by atoms with Gasteiger partial charge in [-0.3, -0.25) is 0 Å². The van der Waals surface area contributed by atoms with E-state index in [1.54, 1.807) is 0 Å². The summed E-state index contributed by atoms with van der Waals surface area (Å²) in [7, 11) is 0. The van der Waals surface area contributed by atoms with Gasteiger partial charge >= 0.3 is 0 Å². The van der Waals surface area contributed by atoms with Crippen molar-refractivity contribution in [3.05, 3.63) is 0 Å². The minimum Gasteiger partial charge on any atom is -0.198 e. The fraction of sp³-hybridized carbons (Fsp3) is 0.955. The molecule has 0 heterocycles. The Balaban J connectivity index is 1.71. The molecule has 23 heavy (non-hydrogen) atoms. The standard InChI is InChI=1S/C22H39N/c1-3-5-7-8-19-9-11-20(12-10-19)21-13-16-22(18-23,17-14-21)15-6-4-2/h19-21H,3-17H2,1-2H3/t19?,20?,21-,22+. The predicted octanol–water partition coefficient (Wildman–Crippen LogP) is 7.26. The number of hydrogen-bond donors (Lipinski definition) is 0. The smallest absolute Gasteiger partial charge is 0.0689 e. The van der Waals surface area contributed by atoms with Crippen LogP contribution < -0.4 is 0 Å². The van der Waals surface area contributed by atoms with Crippen LogP contribution in [0, 0.1) is 34.5 Å². The highest BCUT2D eigenvalue weighted by molar-refractivity contribution is 5.02. The minimum atomic E-state index is 0.0455. The lowest BCUT2D eigenvalue weighted by Gasteiger charge is -2.41. The van der Waals surface area contributed by atoms with Crippen LogP contribution in [0.1, 0.15) is 110 Å². The van der Waals surface area contributed by atoms with E-state index in [-0.39, 0.29) is 5.41 Å². The number of nitrogens with zero attached hydrogens (tertiary/aromatic N) is 1. The van der Waals surface area contributed by atoms with Gasteiger partial charge < -0.3 is 0 Å². The molecule has 0 amide bonds. The summed E-state index contributed by atoms with van der Waals surface area (Å²) in [5.41, 5.74) is 0.0455. The van der Waals surface area contributed by atoms with Crippen LogP contribution >= 0.6 is 0 Å². The van der Waals surface area contributed by atoms with Crippen LogP contribution in [0.25, 0.3) is 0 Å². The molecule has 0 aromatic rings. The minimum absolute atomic E-state index is 0.0455. The molecule has 2 aliphatic carbocycles. The van der Waals surface area contributed by atoms with Gasteiger partial charge in [-0.25, -0.2) is 0 Å². The summed E-state index contributed by atoms with van der Waals surface area (Å²) in [5, 5.41) is 9.65. The summed E-state index contributed by atoms with van der Waals surface area (Å²) < 4.78 is 0. The Morgan fingerprint density at radius 2 is 1.43 bits per heavy atom. The van der Waals surface area contributed by atoms with Gasteiger partial charge in [-0.1, -0.05) is 65.2 Å². The lowest BCUT2D eigenvalue weighted by atomic mass is 9.63. The van der Waals surface area contributed by atoms with E-state index < -0.39 is 0 Å². The van der Waals surface area contributed by atoms with Crippen LogP contribution in [0.2, 0.25) is 0 Å². The molecule has 1 heteroatoms. The summed E-state index contributed by atoms with van der Waals surface area (Å²) in [4.78, 5) is 0. The van der Waals surface area contributed by atoms with Crippen LogP contribution in [0.5, 0.6) is 0 Å². The maximum atomic E-state index is 9.65. The molecular weight excluding hydrogens is 278 g/mol. The van der Waals surface area contributed by atoms with Crippen molar-refractivity contribution in [2.75, 3.05) is 0 Å². The normalized spacial score (nSPS) is 34.9. The molecule has 0 spiro atoms. The van der Waals surface area contributed by atoms with Gasteiger partial charge in [-0.2, -0.15) is 5.26 Å². The number of hydrogen-bond acceptors (Lipinski definition) is 1. The lowest BCUT2D eigenvalue weighted by Crippen LogP contribution is -2.31. The van der Waals surface area contributed by atoms with E-state index in [0.717, 1.165) is 24.2 Å². The molecule has 0 saturated heterocycles. The second-order valence-electron chi connectivity index (χ2n) is 8.61. The summed E-state index contributed by atoms with van der Waals surface area (Å²) in [6.45, 7) is 4.55. The summed E-state index contributed by atoms with van der Waals surface area (Å²) >= 11 is 0. The van der Waals surface area contributed by atoms with Crippen LogP contribution in [0.15, 0.2) is 0 Å². The third-order valence-corrected chi connectivity index (χ3v) is 7.01. The highest BCUT2D eigenvalue weighted by Crippen LogP contribution is 2.47. The van der Waals surface area contributed by atoms with E-state index in [2.05, 4.69) is 19.9 Å². The van der Waals surface area contributed by atoms with Crippen molar-refractivity contribution in [2.45, 2.75) is 110 Å². The predicted molar refractivity (Wildman–Crippen MR) is 99.1 cm³/mol. The molecule has 0 unspecified atom stereocenters. The first-order valence-corrected chi connectivity index (χ1v) is 10.6. The van der Waals surface area contributed by atoms with Crippen molar-refractivity contribution >= 4 is 0 Å². The van der Waals surface area contributed by atoms with Crippen molar-refractivity contribution in [3.63, 3.8) is 0 Å². The molecule has 0 aliphatic heterocycles. The Bertz CT molecular complexity index is 351. The zero-order valence-electron chi connectivity index (χ0n) is 15.8. The highest BCUT2D eigenvalue weighted by Gasteiger charge is 2.38. The largest absolute Gasteiger partial charge is 0.198 e. The van der Waals surface area contributed by atoms with Crippen molar-refractivity contribution in [3.8, 4) is 6.07 Å². The quantitative estimate of drug-likeness (QED) is 0.432. The molecule has 0 bridgehead atoms. The molecular formula is C22H39N. The van der Waals surface area contributed by atoms with Gasteiger partial charge in [-0.15, -0.1) is 0 Å². The Morgan fingerprint density at radius 3 is 2.00 bits per heavy atom. The Morgan fingerprint density at radius 1 is 0.826 bits per heavy atom. The summed E-state index contributed by atoms with van der Waals surface area (Å²) in [5.74, 6) is 2.96. The molecule has 0 N–H and O–H groups in total. The first-order valence-electron chi connectivity index (χ1n) is 10.6. The van der Waals surface area contributed by atoms with Crippen molar-refractivity contribution in [1.29, 1.82) is 5.26 Å². The Hall–Kier alpha value is -0.510. The van der Waals surface area contributed by atoms with E-state index in [0.29, 0.717) is 0 Å². The van der Waals surface area contributed by atoms with E-state index in [4.69, 9.17) is 0 Å². The van der Waals surface area contributed by atoms with Crippen LogP contribution in [-0.4, -0.2) is 0 Å². The lowest BCUT2D eigenvalue weighted by molar-refractivity contribution is 0.115. The van der Waals surface area contributed by atoms with E-state index in [9.17, 15) is 5.26 Å². The fourth-order valence-electron chi connectivity index (χ4n) is 5.23. The number of rotatable bonds is 8. The number of nitriles is 1. The van der Waals surface area contributed by atoms with E-state index >= 15 is 0 Å². The van der Waals surface area contributed by atoms with Gasteiger partial charge in [0, 0.05) is 0 Å². The van der Waals surface area contributed by atoms with Crippen LogP contribution in [0.4, 0.5) is 0 Å². The van der Waals surface area contributed by atoms with Crippen molar-refractivity contribution in [2.24, 2.45) is 23.2 Å². The molecule has 2 aliphatic rings. The topological polar surface area (TPSA) is 23.8 Å². The first kappa shape index (κ1) is 18.8. The number of unbranched alkanes of at least 4 members (excludes halogenated alkanes) is 3. The highest BCUT2D eigenvalue weighted by atomic mass is 14.4. The van der Waals surface area contributed by atoms with Gasteiger partial charge in [0.2, 0.25) is 0 Å². The maximum absolute atomic E-state index is 9.65. The molecule has 2 saturated carbocycles. The molecule has 0 aromatic heterocycles. The Kier molecular flexibility index (Phi) is 7.94. The Labute approximate surface area is 145 Å². The molecule has 2 fully saturated rings. The van der Waals surface area contributed by atoms with Crippen molar-refractivity contribution < 1.29 is 0 Å². The van der Waals surface area contributed by atoms with Gasteiger partial charge in [0.15, 0.2) is 0 Å². The van der Waals surface area contributed by atoms with Gasteiger partial charge in [0.1, 0.15) is 0 Å². The second kappa shape index (κ2) is 9.71. The van der Waals surface area contributed by atoms with Crippen molar-refractivity contribution in [1.82, 2.24) is 0 Å². The molecule has 0 radical (unpaired) electrons. The first-order chi connectivity index (χ1) is 11.2. The average molecular weight is 318 g/mol. The summed E-state index contributed by atoms with van der Waals surface area (Å²) in [6.07, 6.45) is 20.3. The van der Waals surface area contributed by atoms with Crippen LogP contribution in [-0.2, 0) is 0 Å². The third-order valence-electron chi connectivity index (χ3n) is 7.01. The van der Waals surface area contributed by atoms with Crippen LogP contribution in [0.3, 0.4) is 0 Å². The van der Waals surface area contributed by atoms with Gasteiger partial charge in [0.25, 0.3) is 0 Å². The molecule has 132 valence electrons. The van der Waals surface area contributed by atoms with Gasteiger partial charge in [0.05, 0.1) is 11.5 Å². The monoisotopic (exact) mass is 317 g/mol. The van der Waals surface area contributed by atoms with E-state index in [1.807, 2.05) is 0 Å². The molecule has 1 nitrogen and oxygen atoms in total. The SMILES string of the molecule is CCCCCC1CCC([C@H]2CC[C@](C#N)(CCCC)CC2)CC1. The maximum Gasteiger partial charge on any atom is 0.0689 e. The second-order valence-corrected chi connectivity index (χ2v) is 8.61. The zero-order chi connectivity index (χ0) is 16.5. The third kappa shape index (κ3) is 5.51. The summed E-state index contributed by atoms with van der Waals surface area (Å²) in [6, 6.07) is 2.71.